The van der Waals surface area contributed by atoms with Gasteiger partial charge in [0.15, 0.2) is 0 Å². The van der Waals surface area contributed by atoms with Gasteiger partial charge in [-0.1, -0.05) is 30.3 Å². The Balaban J connectivity index is 2.18. The molecule has 0 fully saturated rings. The molecule has 3 aromatic heterocycles. The molecule has 0 aliphatic heterocycles. The molecular weight excluding hydrogens is 302 g/mol. The maximum absolute atomic E-state index is 12.1. The van der Waals surface area contributed by atoms with Crippen molar-refractivity contribution < 1.29 is 9.53 Å². The van der Waals surface area contributed by atoms with E-state index in [1.807, 2.05) is 54.1 Å². The zero-order valence-electron chi connectivity index (χ0n) is 13.4. The van der Waals surface area contributed by atoms with Gasteiger partial charge in [-0.25, -0.2) is 14.8 Å². The minimum Gasteiger partial charge on any atom is -0.464 e. The van der Waals surface area contributed by atoms with Gasteiger partial charge in [0.05, 0.1) is 18.3 Å². The summed E-state index contributed by atoms with van der Waals surface area (Å²) in [5.41, 5.74) is 3.78. The van der Waals surface area contributed by atoms with Crippen molar-refractivity contribution in [2.75, 3.05) is 7.11 Å². The van der Waals surface area contributed by atoms with Crippen molar-refractivity contribution in [2.24, 2.45) is 7.05 Å². The number of pyridine rings is 2. The highest BCUT2D eigenvalue weighted by Gasteiger charge is 2.19. The van der Waals surface area contributed by atoms with Crippen LogP contribution in [0.25, 0.3) is 33.2 Å². The van der Waals surface area contributed by atoms with E-state index < -0.39 is 5.97 Å². The minimum absolute atomic E-state index is 0.292. The lowest BCUT2D eigenvalue weighted by Crippen LogP contribution is -2.06. The molecule has 4 aromatic rings. The predicted molar refractivity (Wildman–Crippen MR) is 92.8 cm³/mol. The van der Waals surface area contributed by atoms with Gasteiger partial charge in [-0.05, 0) is 18.2 Å². The molecule has 0 bridgehead atoms. The molecule has 3 heterocycles. The number of rotatable bonds is 2. The van der Waals surface area contributed by atoms with Crippen LogP contribution >= 0.6 is 0 Å². The van der Waals surface area contributed by atoms with Gasteiger partial charge in [0, 0.05) is 29.6 Å². The summed E-state index contributed by atoms with van der Waals surface area (Å²) in [5.74, 6) is -0.449. The summed E-state index contributed by atoms with van der Waals surface area (Å²) in [6, 6.07) is 15.5. The Hall–Kier alpha value is -3.21. The Morgan fingerprint density at radius 1 is 1.08 bits per heavy atom. The first-order valence-corrected chi connectivity index (χ1v) is 7.58. The highest BCUT2D eigenvalue weighted by Crippen LogP contribution is 2.33. The van der Waals surface area contributed by atoms with Crippen molar-refractivity contribution in [3.05, 3.63) is 60.4 Å². The second-order valence-corrected chi connectivity index (χ2v) is 5.54. The highest BCUT2D eigenvalue weighted by atomic mass is 16.5. The molecule has 0 saturated heterocycles. The largest absolute Gasteiger partial charge is 0.464 e. The fourth-order valence-electron chi connectivity index (χ4n) is 3.07. The maximum atomic E-state index is 12.1. The van der Waals surface area contributed by atoms with E-state index in [1.165, 1.54) is 7.11 Å². The third-order valence-electron chi connectivity index (χ3n) is 4.16. The summed E-state index contributed by atoms with van der Waals surface area (Å²) in [7, 11) is 3.32. The van der Waals surface area contributed by atoms with E-state index in [-0.39, 0.29) is 0 Å². The summed E-state index contributed by atoms with van der Waals surface area (Å²) in [4.78, 5) is 21.1. The lowest BCUT2D eigenvalue weighted by Gasteiger charge is -2.08. The van der Waals surface area contributed by atoms with Gasteiger partial charge in [0.1, 0.15) is 11.3 Å². The van der Waals surface area contributed by atoms with Crippen molar-refractivity contribution in [1.82, 2.24) is 14.5 Å². The van der Waals surface area contributed by atoms with Gasteiger partial charge < -0.3 is 9.30 Å². The van der Waals surface area contributed by atoms with Crippen LogP contribution in [0.1, 0.15) is 10.5 Å². The van der Waals surface area contributed by atoms with E-state index in [4.69, 9.17) is 4.74 Å². The van der Waals surface area contributed by atoms with Crippen LogP contribution in [-0.2, 0) is 11.8 Å². The summed E-state index contributed by atoms with van der Waals surface area (Å²) < 4.78 is 6.89. The first-order chi connectivity index (χ1) is 11.7. The first kappa shape index (κ1) is 14.4. The molecule has 0 spiro atoms. The molecule has 0 N–H and O–H groups in total. The summed E-state index contributed by atoms with van der Waals surface area (Å²) in [6.45, 7) is 0. The Bertz CT molecular complexity index is 1070. The Morgan fingerprint density at radius 3 is 2.62 bits per heavy atom. The van der Waals surface area contributed by atoms with Crippen molar-refractivity contribution in [3.63, 3.8) is 0 Å². The van der Waals surface area contributed by atoms with Crippen molar-refractivity contribution in [3.8, 4) is 11.3 Å². The van der Waals surface area contributed by atoms with Crippen LogP contribution in [0.15, 0.2) is 54.7 Å². The zero-order chi connectivity index (χ0) is 16.7. The number of benzene rings is 1. The van der Waals surface area contributed by atoms with Crippen LogP contribution in [0.4, 0.5) is 0 Å². The predicted octanol–water partition coefficient (Wildman–Crippen LogP) is 3.58. The van der Waals surface area contributed by atoms with E-state index in [2.05, 4.69) is 9.97 Å². The Kier molecular flexibility index (Phi) is 3.27. The summed E-state index contributed by atoms with van der Waals surface area (Å²) >= 11 is 0. The molecule has 5 nitrogen and oxygen atoms in total. The molecule has 0 unspecified atom stereocenters. The number of fused-ring (bicyclic) bond motifs is 3. The van der Waals surface area contributed by atoms with Gasteiger partial charge in [-0.2, -0.15) is 0 Å². The molecule has 0 radical (unpaired) electrons. The SMILES string of the molecule is COC(=O)c1cc2c3cccnc3n(C)c2c(-c2ccccc2)n1. The highest BCUT2D eigenvalue weighted by molar-refractivity contribution is 6.12. The number of ether oxygens (including phenoxy) is 1. The molecule has 0 atom stereocenters. The fourth-order valence-corrected chi connectivity index (χ4v) is 3.07. The van der Waals surface area contributed by atoms with E-state index >= 15 is 0 Å². The first-order valence-electron chi connectivity index (χ1n) is 7.58. The lowest BCUT2D eigenvalue weighted by molar-refractivity contribution is 0.0594. The number of aromatic nitrogens is 3. The molecule has 118 valence electrons. The normalized spacial score (nSPS) is 11.1. The number of esters is 1. The monoisotopic (exact) mass is 317 g/mol. The van der Waals surface area contributed by atoms with E-state index in [9.17, 15) is 4.79 Å². The van der Waals surface area contributed by atoms with Crippen LogP contribution < -0.4 is 0 Å². The second-order valence-electron chi connectivity index (χ2n) is 5.54. The van der Waals surface area contributed by atoms with Crippen LogP contribution in [-0.4, -0.2) is 27.6 Å². The van der Waals surface area contributed by atoms with Gasteiger partial charge >= 0.3 is 5.97 Å². The summed E-state index contributed by atoms with van der Waals surface area (Å²) in [6.07, 6.45) is 1.76. The van der Waals surface area contributed by atoms with Gasteiger partial charge in [0.25, 0.3) is 0 Å². The van der Waals surface area contributed by atoms with Crippen LogP contribution in [0, 0.1) is 0 Å². The average molecular weight is 317 g/mol. The number of hydrogen-bond acceptors (Lipinski definition) is 4. The molecule has 1 aromatic carbocycles. The van der Waals surface area contributed by atoms with Crippen LogP contribution in [0.2, 0.25) is 0 Å². The third kappa shape index (κ3) is 2.06. The van der Waals surface area contributed by atoms with E-state index in [1.54, 1.807) is 12.3 Å². The lowest BCUT2D eigenvalue weighted by atomic mass is 10.1. The average Bonchev–Trinajstić information content (AvgIpc) is 2.94. The number of carbonyl (C=O) groups excluding carboxylic acids is 1. The molecule has 24 heavy (non-hydrogen) atoms. The van der Waals surface area contributed by atoms with Crippen LogP contribution in [0.5, 0.6) is 0 Å². The van der Waals surface area contributed by atoms with Gasteiger partial charge in [-0.3, -0.25) is 0 Å². The topological polar surface area (TPSA) is 57.0 Å². The maximum Gasteiger partial charge on any atom is 0.356 e. The Labute approximate surface area is 138 Å². The molecule has 0 aliphatic rings. The fraction of sp³-hybridized carbons (Fsp3) is 0.105. The second kappa shape index (κ2) is 5.45. The van der Waals surface area contributed by atoms with E-state index in [0.717, 1.165) is 33.2 Å². The smallest absolute Gasteiger partial charge is 0.356 e. The zero-order valence-corrected chi connectivity index (χ0v) is 13.4. The van der Waals surface area contributed by atoms with Crippen molar-refractivity contribution in [1.29, 1.82) is 0 Å². The minimum atomic E-state index is -0.449. The van der Waals surface area contributed by atoms with E-state index in [0.29, 0.717) is 5.69 Å². The van der Waals surface area contributed by atoms with Gasteiger partial charge in [-0.15, -0.1) is 0 Å². The number of carbonyl (C=O) groups is 1. The summed E-state index contributed by atoms with van der Waals surface area (Å²) in [5, 5.41) is 1.93. The van der Waals surface area contributed by atoms with Crippen LogP contribution in [0.3, 0.4) is 0 Å². The van der Waals surface area contributed by atoms with Crippen molar-refractivity contribution >= 4 is 27.9 Å². The molecule has 5 heteroatoms. The number of nitrogens with zero attached hydrogens (tertiary/aromatic N) is 3. The molecular formula is C19H15N3O2. The third-order valence-corrected chi connectivity index (χ3v) is 4.16. The Morgan fingerprint density at radius 2 is 1.88 bits per heavy atom. The van der Waals surface area contributed by atoms with Crippen molar-refractivity contribution in [2.45, 2.75) is 0 Å². The molecule has 0 saturated carbocycles. The quantitative estimate of drug-likeness (QED) is 0.530. The van der Waals surface area contributed by atoms with Gasteiger partial charge in [0.2, 0.25) is 0 Å². The number of aryl methyl sites for hydroxylation is 1. The number of hydrogen-bond donors (Lipinski definition) is 0. The molecule has 0 aliphatic carbocycles. The number of methoxy groups -OCH3 is 1. The molecule has 4 rings (SSSR count). The standard InChI is InChI=1S/C19H15N3O2/c1-22-17-14(13-9-6-10-20-18(13)22)11-15(19(23)24-2)21-16(17)12-7-4-3-5-8-12/h3-11H,1-2H3. The molecule has 0 amide bonds.